The minimum absolute atomic E-state index is 0.988. The Bertz CT molecular complexity index is 974. The summed E-state index contributed by atoms with van der Waals surface area (Å²) >= 11 is 0. The molecule has 4 aromatic rings. The van der Waals surface area contributed by atoms with Gasteiger partial charge in [-0.15, -0.1) is 0 Å². The van der Waals surface area contributed by atoms with E-state index >= 15 is 0 Å². The van der Waals surface area contributed by atoms with E-state index in [2.05, 4.69) is 73.5 Å². The standard InChI is InChI=1S/C20H21N5/c1-2-4-19-15(3-1)11-17(22-19)14-24-7-9-25(10-8-24)18-6-5-16-13-21-23-20(16)12-18/h1-6,11-13,22H,7-10,14H2,(H,21,23). The van der Waals surface area contributed by atoms with Gasteiger partial charge in [-0.3, -0.25) is 10.00 Å². The lowest BCUT2D eigenvalue weighted by molar-refractivity contribution is 0.247. The Hall–Kier alpha value is -2.79. The molecule has 2 aromatic carbocycles. The minimum atomic E-state index is 0.988. The van der Waals surface area contributed by atoms with Crippen LogP contribution in [0.3, 0.4) is 0 Å². The van der Waals surface area contributed by atoms with Gasteiger partial charge in [-0.2, -0.15) is 5.10 Å². The van der Waals surface area contributed by atoms with Crippen molar-refractivity contribution in [2.45, 2.75) is 6.54 Å². The maximum Gasteiger partial charge on any atom is 0.0670 e. The molecule has 1 aliphatic rings. The maximum absolute atomic E-state index is 4.11. The Morgan fingerprint density at radius 2 is 1.76 bits per heavy atom. The van der Waals surface area contributed by atoms with Crippen LogP contribution in [0.25, 0.3) is 21.8 Å². The van der Waals surface area contributed by atoms with Crippen molar-refractivity contribution in [2.24, 2.45) is 0 Å². The number of hydrogen-bond acceptors (Lipinski definition) is 3. The monoisotopic (exact) mass is 331 g/mol. The fourth-order valence-electron chi connectivity index (χ4n) is 3.75. The van der Waals surface area contributed by atoms with Crippen LogP contribution in [0.1, 0.15) is 5.69 Å². The van der Waals surface area contributed by atoms with Gasteiger partial charge < -0.3 is 9.88 Å². The number of piperazine rings is 1. The van der Waals surface area contributed by atoms with E-state index in [9.17, 15) is 0 Å². The summed E-state index contributed by atoms with van der Waals surface area (Å²) in [5, 5.41) is 9.63. The van der Waals surface area contributed by atoms with E-state index in [1.165, 1.54) is 27.7 Å². The van der Waals surface area contributed by atoms with Gasteiger partial charge in [0, 0.05) is 55.0 Å². The van der Waals surface area contributed by atoms with Gasteiger partial charge in [0.25, 0.3) is 0 Å². The lowest BCUT2D eigenvalue weighted by atomic mass is 10.2. The van der Waals surface area contributed by atoms with Crippen molar-refractivity contribution in [3.63, 3.8) is 0 Å². The molecule has 0 unspecified atom stereocenters. The molecule has 0 saturated carbocycles. The molecule has 1 aliphatic heterocycles. The molecule has 0 amide bonds. The Labute approximate surface area is 146 Å². The van der Waals surface area contributed by atoms with Crippen molar-refractivity contribution in [1.29, 1.82) is 0 Å². The zero-order valence-corrected chi connectivity index (χ0v) is 14.1. The van der Waals surface area contributed by atoms with Gasteiger partial charge in [-0.1, -0.05) is 18.2 Å². The first-order valence-corrected chi connectivity index (χ1v) is 8.82. The molecule has 2 N–H and O–H groups in total. The quantitative estimate of drug-likeness (QED) is 0.605. The van der Waals surface area contributed by atoms with Crippen LogP contribution in [-0.4, -0.2) is 46.3 Å². The highest BCUT2D eigenvalue weighted by atomic mass is 15.3. The Morgan fingerprint density at radius 1 is 0.880 bits per heavy atom. The number of fused-ring (bicyclic) bond motifs is 2. The van der Waals surface area contributed by atoms with E-state index in [4.69, 9.17) is 0 Å². The summed E-state index contributed by atoms with van der Waals surface area (Å²) in [6, 6.07) is 17.3. The normalized spacial score (nSPS) is 16.1. The van der Waals surface area contributed by atoms with Crippen molar-refractivity contribution in [3.05, 3.63) is 60.4 Å². The highest BCUT2D eigenvalue weighted by Gasteiger charge is 2.18. The van der Waals surface area contributed by atoms with E-state index in [1.807, 2.05) is 6.20 Å². The van der Waals surface area contributed by atoms with Crippen LogP contribution in [0.2, 0.25) is 0 Å². The first-order valence-electron chi connectivity index (χ1n) is 8.82. The van der Waals surface area contributed by atoms with Gasteiger partial charge in [-0.05, 0) is 35.7 Å². The summed E-state index contributed by atoms with van der Waals surface area (Å²) in [7, 11) is 0. The summed E-state index contributed by atoms with van der Waals surface area (Å²) in [6.07, 6.45) is 1.87. The highest BCUT2D eigenvalue weighted by molar-refractivity contribution is 5.82. The van der Waals surface area contributed by atoms with E-state index < -0.39 is 0 Å². The van der Waals surface area contributed by atoms with Gasteiger partial charge in [0.05, 0.1) is 11.7 Å². The third-order valence-electron chi connectivity index (χ3n) is 5.14. The molecule has 0 radical (unpaired) electrons. The molecule has 25 heavy (non-hydrogen) atoms. The van der Waals surface area contributed by atoms with Gasteiger partial charge in [0.2, 0.25) is 0 Å². The SMILES string of the molecule is c1ccc2[nH]c(CN3CCN(c4ccc5cn[nH]c5c4)CC3)cc2c1. The second-order valence-electron chi connectivity index (χ2n) is 6.79. The molecule has 3 heterocycles. The number of benzene rings is 2. The topological polar surface area (TPSA) is 51.0 Å². The number of nitrogens with zero attached hydrogens (tertiary/aromatic N) is 3. The van der Waals surface area contributed by atoms with Crippen LogP contribution in [-0.2, 0) is 6.54 Å². The molecule has 2 aromatic heterocycles. The third kappa shape index (κ3) is 2.76. The molecule has 1 saturated heterocycles. The van der Waals surface area contributed by atoms with Crippen LogP contribution in [0.5, 0.6) is 0 Å². The summed E-state index contributed by atoms with van der Waals surface area (Å²) in [5.41, 5.74) is 4.91. The third-order valence-corrected chi connectivity index (χ3v) is 5.14. The zero-order chi connectivity index (χ0) is 16.6. The van der Waals surface area contributed by atoms with Gasteiger partial charge in [-0.25, -0.2) is 0 Å². The van der Waals surface area contributed by atoms with Crippen molar-refractivity contribution in [2.75, 3.05) is 31.1 Å². The molecule has 0 bridgehead atoms. The molecular weight excluding hydrogens is 310 g/mol. The lowest BCUT2D eigenvalue weighted by Gasteiger charge is -2.36. The number of rotatable bonds is 3. The molecule has 0 aliphatic carbocycles. The molecule has 126 valence electrons. The second-order valence-corrected chi connectivity index (χ2v) is 6.79. The van der Waals surface area contributed by atoms with Crippen molar-refractivity contribution in [1.82, 2.24) is 20.1 Å². The largest absolute Gasteiger partial charge is 0.369 e. The Morgan fingerprint density at radius 3 is 2.64 bits per heavy atom. The average molecular weight is 331 g/mol. The van der Waals surface area contributed by atoms with Gasteiger partial charge in [0.1, 0.15) is 0 Å². The fraction of sp³-hybridized carbons (Fsp3) is 0.250. The zero-order valence-electron chi connectivity index (χ0n) is 14.1. The predicted molar refractivity (Wildman–Crippen MR) is 102 cm³/mol. The fourth-order valence-corrected chi connectivity index (χ4v) is 3.75. The summed E-state index contributed by atoms with van der Waals surface area (Å²) < 4.78 is 0. The Balaban J connectivity index is 1.26. The van der Waals surface area contributed by atoms with Crippen LogP contribution in [0, 0.1) is 0 Å². The van der Waals surface area contributed by atoms with Crippen molar-refractivity contribution in [3.8, 4) is 0 Å². The molecule has 1 fully saturated rings. The number of nitrogens with one attached hydrogen (secondary N) is 2. The molecule has 5 rings (SSSR count). The van der Waals surface area contributed by atoms with E-state index in [0.29, 0.717) is 0 Å². The van der Waals surface area contributed by atoms with E-state index in [1.54, 1.807) is 0 Å². The van der Waals surface area contributed by atoms with E-state index in [0.717, 1.165) is 38.2 Å². The Kier molecular flexibility index (Phi) is 3.45. The van der Waals surface area contributed by atoms with Gasteiger partial charge >= 0.3 is 0 Å². The number of H-pyrrole nitrogens is 2. The smallest absolute Gasteiger partial charge is 0.0670 e. The lowest BCUT2D eigenvalue weighted by Crippen LogP contribution is -2.46. The molecule has 0 spiro atoms. The van der Waals surface area contributed by atoms with Crippen molar-refractivity contribution < 1.29 is 0 Å². The molecule has 0 atom stereocenters. The summed E-state index contributed by atoms with van der Waals surface area (Å²) in [4.78, 5) is 8.52. The highest BCUT2D eigenvalue weighted by Crippen LogP contribution is 2.22. The second kappa shape index (κ2) is 5.93. The molecule has 5 heteroatoms. The van der Waals surface area contributed by atoms with Crippen LogP contribution in [0.4, 0.5) is 5.69 Å². The number of anilines is 1. The number of para-hydroxylation sites is 1. The van der Waals surface area contributed by atoms with Crippen LogP contribution < -0.4 is 4.90 Å². The summed E-state index contributed by atoms with van der Waals surface area (Å²) in [5.74, 6) is 0. The number of aromatic amines is 2. The molecule has 5 nitrogen and oxygen atoms in total. The predicted octanol–water partition coefficient (Wildman–Crippen LogP) is 3.37. The maximum atomic E-state index is 4.11. The number of aromatic nitrogens is 3. The summed E-state index contributed by atoms with van der Waals surface area (Å²) in [6.45, 7) is 5.26. The number of hydrogen-bond donors (Lipinski definition) is 2. The first-order chi connectivity index (χ1) is 12.3. The first kappa shape index (κ1) is 14.5. The molecular formula is C20H21N5. The van der Waals surface area contributed by atoms with Crippen LogP contribution >= 0.6 is 0 Å². The van der Waals surface area contributed by atoms with Crippen molar-refractivity contribution >= 4 is 27.5 Å². The van der Waals surface area contributed by atoms with E-state index in [-0.39, 0.29) is 0 Å². The minimum Gasteiger partial charge on any atom is -0.369 e. The van der Waals surface area contributed by atoms with Gasteiger partial charge in [0.15, 0.2) is 0 Å². The van der Waals surface area contributed by atoms with Crippen LogP contribution in [0.15, 0.2) is 54.7 Å². The average Bonchev–Trinajstić information content (AvgIpc) is 3.27.